The van der Waals surface area contributed by atoms with E-state index in [9.17, 15) is 21.6 Å². The molecule has 0 bridgehead atoms. The van der Waals surface area contributed by atoms with E-state index in [0.717, 1.165) is 7.05 Å². The van der Waals surface area contributed by atoms with Crippen molar-refractivity contribution in [3.63, 3.8) is 0 Å². The molecule has 0 spiro atoms. The van der Waals surface area contributed by atoms with Crippen LogP contribution in [0.25, 0.3) is 0 Å². The quantitative estimate of drug-likeness (QED) is 0.691. The molecule has 8 heteroatoms. The van der Waals surface area contributed by atoms with Crippen molar-refractivity contribution in [2.75, 3.05) is 32.9 Å². The van der Waals surface area contributed by atoms with E-state index >= 15 is 0 Å². The lowest BCUT2D eigenvalue weighted by molar-refractivity contribution is -0.134. The topological polar surface area (TPSA) is 49.4 Å². The highest BCUT2D eigenvalue weighted by atomic mass is 32.2. The van der Waals surface area contributed by atoms with Crippen molar-refractivity contribution in [1.82, 2.24) is 9.62 Å². The molecule has 0 aromatic carbocycles. The fourth-order valence-corrected chi connectivity index (χ4v) is 2.32. The summed E-state index contributed by atoms with van der Waals surface area (Å²) >= 11 is 0. The minimum absolute atomic E-state index is 0.249. The highest BCUT2D eigenvalue weighted by Crippen LogP contribution is 2.17. The maximum Gasteiger partial charge on any atom is 0.402 e. The second kappa shape index (κ2) is 6.41. The lowest BCUT2D eigenvalue weighted by Gasteiger charge is -2.18. The van der Waals surface area contributed by atoms with E-state index in [1.54, 1.807) is 7.05 Å². The SMILES string of the molecule is CNCCCCS(=O)(=O)N(C)CC(F)(F)F. The predicted octanol–water partition coefficient (Wildman–Crippen LogP) is 0.810. The summed E-state index contributed by atoms with van der Waals surface area (Å²) in [6, 6.07) is 0. The van der Waals surface area contributed by atoms with Gasteiger partial charge >= 0.3 is 6.18 Å². The Morgan fingerprint density at radius 1 is 1.25 bits per heavy atom. The van der Waals surface area contributed by atoms with Gasteiger partial charge in [0, 0.05) is 7.05 Å². The van der Waals surface area contributed by atoms with Gasteiger partial charge in [-0.1, -0.05) is 0 Å². The van der Waals surface area contributed by atoms with Gasteiger partial charge in [-0.25, -0.2) is 8.42 Å². The molecule has 0 saturated carbocycles. The first-order valence-electron chi connectivity index (χ1n) is 4.84. The molecular formula is C8H17F3N2O2S. The van der Waals surface area contributed by atoms with E-state index in [1.807, 2.05) is 0 Å². The van der Waals surface area contributed by atoms with Gasteiger partial charge in [0.25, 0.3) is 0 Å². The zero-order valence-corrected chi connectivity index (χ0v) is 10.2. The molecule has 0 atom stereocenters. The number of halogens is 3. The number of unbranched alkanes of at least 4 members (excludes halogenated alkanes) is 1. The predicted molar refractivity (Wildman–Crippen MR) is 55.6 cm³/mol. The third-order valence-electron chi connectivity index (χ3n) is 1.96. The molecule has 4 nitrogen and oxygen atoms in total. The maximum atomic E-state index is 12.0. The van der Waals surface area contributed by atoms with Gasteiger partial charge in [-0.05, 0) is 26.4 Å². The molecule has 0 aliphatic carbocycles. The van der Waals surface area contributed by atoms with E-state index in [2.05, 4.69) is 5.32 Å². The van der Waals surface area contributed by atoms with Gasteiger partial charge in [-0.3, -0.25) is 0 Å². The molecular weight excluding hydrogens is 245 g/mol. The molecule has 0 aromatic rings. The van der Waals surface area contributed by atoms with E-state index in [4.69, 9.17) is 0 Å². The summed E-state index contributed by atoms with van der Waals surface area (Å²) in [6.07, 6.45) is -3.52. The molecule has 0 aliphatic heterocycles. The van der Waals surface area contributed by atoms with Crippen LogP contribution in [0.15, 0.2) is 0 Å². The number of hydrogen-bond donors (Lipinski definition) is 1. The summed E-state index contributed by atoms with van der Waals surface area (Å²) in [6.45, 7) is -0.778. The van der Waals surface area contributed by atoms with Crippen LogP contribution in [0.3, 0.4) is 0 Å². The maximum absolute atomic E-state index is 12.0. The van der Waals surface area contributed by atoms with Crippen LogP contribution in [-0.2, 0) is 10.0 Å². The number of nitrogens with one attached hydrogen (secondary N) is 1. The molecule has 0 aromatic heterocycles. The number of nitrogens with zero attached hydrogens (tertiary/aromatic N) is 1. The molecule has 0 unspecified atom stereocenters. The number of sulfonamides is 1. The Bertz CT molecular complexity index is 290. The summed E-state index contributed by atoms with van der Waals surface area (Å²) in [5.41, 5.74) is 0. The van der Waals surface area contributed by atoms with Crippen molar-refractivity contribution >= 4 is 10.0 Å². The molecule has 0 radical (unpaired) electrons. The first kappa shape index (κ1) is 15.7. The third-order valence-corrected chi connectivity index (χ3v) is 3.84. The molecule has 1 N–H and O–H groups in total. The Hall–Kier alpha value is -0.340. The first-order valence-corrected chi connectivity index (χ1v) is 6.45. The van der Waals surface area contributed by atoms with Crippen LogP contribution in [0, 0.1) is 0 Å². The molecule has 0 saturated heterocycles. The molecule has 0 fully saturated rings. The van der Waals surface area contributed by atoms with Crippen LogP contribution in [0.1, 0.15) is 12.8 Å². The van der Waals surface area contributed by atoms with Gasteiger partial charge in [0.1, 0.15) is 6.54 Å². The Kier molecular flexibility index (Phi) is 6.27. The largest absolute Gasteiger partial charge is 0.402 e. The van der Waals surface area contributed by atoms with Crippen LogP contribution in [-0.4, -0.2) is 51.8 Å². The minimum Gasteiger partial charge on any atom is -0.320 e. The molecule has 16 heavy (non-hydrogen) atoms. The van der Waals surface area contributed by atoms with Crippen molar-refractivity contribution in [3.05, 3.63) is 0 Å². The van der Waals surface area contributed by atoms with E-state index in [0.29, 0.717) is 23.7 Å². The molecule has 0 aliphatic rings. The van der Waals surface area contributed by atoms with Gasteiger partial charge in [-0.15, -0.1) is 0 Å². The van der Waals surface area contributed by atoms with Crippen molar-refractivity contribution < 1.29 is 21.6 Å². The highest BCUT2D eigenvalue weighted by molar-refractivity contribution is 7.89. The summed E-state index contributed by atoms with van der Waals surface area (Å²) in [7, 11) is -1.12. The standard InChI is InChI=1S/C8H17F3N2O2S/c1-12-5-3-4-6-16(14,15)13(2)7-8(9,10)11/h12H,3-7H2,1-2H3. The number of rotatable bonds is 7. The minimum atomic E-state index is -4.49. The average Bonchev–Trinajstić information content (AvgIpc) is 2.09. The average molecular weight is 262 g/mol. The van der Waals surface area contributed by atoms with Gasteiger partial charge < -0.3 is 5.32 Å². The van der Waals surface area contributed by atoms with E-state index in [1.165, 1.54) is 0 Å². The zero-order valence-electron chi connectivity index (χ0n) is 9.34. The van der Waals surface area contributed by atoms with Crippen molar-refractivity contribution in [3.8, 4) is 0 Å². The van der Waals surface area contributed by atoms with Crippen molar-refractivity contribution in [1.29, 1.82) is 0 Å². The lowest BCUT2D eigenvalue weighted by atomic mass is 10.3. The fraction of sp³-hybridized carbons (Fsp3) is 1.00. The normalized spacial score (nSPS) is 13.4. The lowest BCUT2D eigenvalue weighted by Crippen LogP contribution is -2.37. The molecule has 98 valence electrons. The monoisotopic (exact) mass is 262 g/mol. The Morgan fingerprint density at radius 3 is 2.25 bits per heavy atom. The molecule has 0 heterocycles. The van der Waals surface area contributed by atoms with E-state index < -0.39 is 22.7 Å². The van der Waals surface area contributed by atoms with Gasteiger partial charge in [0.2, 0.25) is 10.0 Å². The Morgan fingerprint density at radius 2 is 1.81 bits per heavy atom. The van der Waals surface area contributed by atoms with Crippen LogP contribution < -0.4 is 5.32 Å². The number of alkyl halides is 3. The van der Waals surface area contributed by atoms with Crippen LogP contribution >= 0.6 is 0 Å². The second-order valence-corrected chi connectivity index (χ2v) is 5.69. The van der Waals surface area contributed by atoms with E-state index in [-0.39, 0.29) is 5.75 Å². The fourth-order valence-electron chi connectivity index (χ4n) is 1.09. The molecule has 0 amide bonds. The second-order valence-electron chi connectivity index (χ2n) is 3.50. The smallest absolute Gasteiger partial charge is 0.320 e. The first-order chi connectivity index (χ1) is 7.19. The summed E-state index contributed by atoms with van der Waals surface area (Å²) < 4.78 is 59.0. The molecule has 0 rings (SSSR count). The zero-order chi connectivity index (χ0) is 12.8. The van der Waals surface area contributed by atoms with Crippen LogP contribution in [0.2, 0.25) is 0 Å². The van der Waals surface area contributed by atoms with Gasteiger partial charge in [-0.2, -0.15) is 17.5 Å². The van der Waals surface area contributed by atoms with Crippen molar-refractivity contribution in [2.45, 2.75) is 19.0 Å². The Labute approximate surface area is 93.9 Å². The van der Waals surface area contributed by atoms with Gasteiger partial charge in [0.05, 0.1) is 5.75 Å². The summed E-state index contributed by atoms with van der Waals surface area (Å²) in [5, 5.41) is 2.83. The summed E-state index contributed by atoms with van der Waals surface area (Å²) in [5.74, 6) is -0.249. The number of hydrogen-bond acceptors (Lipinski definition) is 3. The third kappa shape index (κ3) is 7.02. The van der Waals surface area contributed by atoms with Gasteiger partial charge in [0.15, 0.2) is 0 Å². The van der Waals surface area contributed by atoms with Crippen LogP contribution in [0.4, 0.5) is 13.2 Å². The summed E-state index contributed by atoms with van der Waals surface area (Å²) in [4.78, 5) is 0. The Balaban J connectivity index is 4.12. The van der Waals surface area contributed by atoms with Crippen molar-refractivity contribution in [2.24, 2.45) is 0 Å². The highest BCUT2D eigenvalue weighted by Gasteiger charge is 2.33. The van der Waals surface area contributed by atoms with Crippen LogP contribution in [0.5, 0.6) is 0 Å².